The lowest BCUT2D eigenvalue weighted by molar-refractivity contribution is -0.890. The highest BCUT2D eigenvalue weighted by atomic mass is 28.4. The van der Waals surface area contributed by atoms with Gasteiger partial charge in [-0.3, -0.25) is 0 Å². The van der Waals surface area contributed by atoms with Crippen molar-refractivity contribution in [3.8, 4) is 0 Å². The van der Waals surface area contributed by atoms with Crippen molar-refractivity contribution in [3.05, 3.63) is 0 Å². The highest BCUT2D eigenvalue weighted by Gasteiger charge is 2.39. The topological polar surface area (TPSA) is 27.7 Å². The molecule has 0 radical (unpaired) electrons. The third kappa shape index (κ3) is 23.6. The van der Waals surface area contributed by atoms with E-state index >= 15 is 0 Å². The molecular formula is C32H70NO3Si+. The Balaban J connectivity index is 3.61. The van der Waals surface area contributed by atoms with Crippen LogP contribution in [0.4, 0.5) is 0 Å². The van der Waals surface area contributed by atoms with Gasteiger partial charge in [0.05, 0.1) is 27.2 Å². The molecule has 0 rings (SSSR count). The SMILES string of the molecule is CCCCCCCCCCCCCCCCCC[N+](C)(C)CCCCCC[Si](OCC)(OCC)OCC. The fraction of sp³-hybridized carbons (Fsp3) is 1.00. The van der Waals surface area contributed by atoms with Crippen molar-refractivity contribution >= 4 is 8.80 Å². The van der Waals surface area contributed by atoms with Crippen LogP contribution in [0.3, 0.4) is 0 Å². The summed E-state index contributed by atoms with van der Waals surface area (Å²) in [6.07, 6.45) is 28.1. The van der Waals surface area contributed by atoms with Gasteiger partial charge in [0.25, 0.3) is 0 Å². The van der Waals surface area contributed by atoms with E-state index in [1.807, 2.05) is 20.8 Å². The lowest BCUT2D eigenvalue weighted by Gasteiger charge is -2.30. The van der Waals surface area contributed by atoms with Gasteiger partial charge in [-0.25, -0.2) is 0 Å². The molecule has 0 heterocycles. The molecule has 0 atom stereocenters. The molecule has 0 N–H and O–H groups in total. The van der Waals surface area contributed by atoms with Gasteiger partial charge in [0.2, 0.25) is 0 Å². The molecule has 0 aromatic carbocycles. The molecule has 5 heteroatoms. The Kier molecular flexibility index (Phi) is 26.3. The van der Waals surface area contributed by atoms with E-state index in [0.29, 0.717) is 19.8 Å². The number of nitrogens with zero attached hydrogens (tertiary/aromatic N) is 1. The normalized spacial score (nSPS) is 12.5. The molecule has 0 spiro atoms. The Bertz CT molecular complexity index is 444. The van der Waals surface area contributed by atoms with Crippen molar-refractivity contribution < 1.29 is 17.8 Å². The predicted octanol–water partition coefficient (Wildman–Crippen LogP) is 9.93. The second kappa shape index (κ2) is 26.3. The highest BCUT2D eigenvalue weighted by Crippen LogP contribution is 2.21. The van der Waals surface area contributed by atoms with Crippen LogP contribution < -0.4 is 0 Å². The molecule has 4 nitrogen and oxygen atoms in total. The Morgan fingerprint density at radius 3 is 1.03 bits per heavy atom. The van der Waals surface area contributed by atoms with E-state index in [0.717, 1.165) is 12.5 Å². The van der Waals surface area contributed by atoms with Crippen molar-refractivity contribution in [2.45, 2.75) is 162 Å². The largest absolute Gasteiger partial charge is 0.500 e. The molecule has 0 aliphatic heterocycles. The van der Waals surface area contributed by atoms with Crippen molar-refractivity contribution in [1.82, 2.24) is 0 Å². The first-order chi connectivity index (χ1) is 17.9. The summed E-state index contributed by atoms with van der Waals surface area (Å²) in [5, 5.41) is 0. The Morgan fingerprint density at radius 2 is 0.703 bits per heavy atom. The molecule has 0 bridgehead atoms. The van der Waals surface area contributed by atoms with E-state index in [9.17, 15) is 0 Å². The van der Waals surface area contributed by atoms with Gasteiger partial charge in [-0.1, -0.05) is 103 Å². The van der Waals surface area contributed by atoms with Gasteiger partial charge in [0.15, 0.2) is 0 Å². The molecule has 0 saturated carbocycles. The first-order valence-corrected chi connectivity index (χ1v) is 18.6. The van der Waals surface area contributed by atoms with Crippen LogP contribution in [0.2, 0.25) is 6.04 Å². The maximum absolute atomic E-state index is 5.98. The molecule has 0 aromatic heterocycles. The van der Waals surface area contributed by atoms with Crippen LogP contribution in [-0.4, -0.2) is 60.3 Å². The van der Waals surface area contributed by atoms with Crippen molar-refractivity contribution in [2.24, 2.45) is 0 Å². The van der Waals surface area contributed by atoms with Crippen molar-refractivity contribution in [1.29, 1.82) is 0 Å². The van der Waals surface area contributed by atoms with Crippen LogP contribution in [0.5, 0.6) is 0 Å². The molecule has 0 aromatic rings. The Hall–Kier alpha value is 0.0569. The molecule has 224 valence electrons. The standard InChI is InChI=1S/C32H70NO3Si/c1-7-11-12-13-14-15-16-17-18-19-20-21-22-23-24-27-30-33(5,6)31-28-25-26-29-32-37(34-8-2,35-9-3)36-10-4/h7-32H2,1-6H3/q+1. The number of rotatable bonds is 30. The van der Waals surface area contributed by atoms with Crippen molar-refractivity contribution in [2.75, 3.05) is 47.0 Å². The average molecular weight is 545 g/mol. The van der Waals surface area contributed by atoms with E-state index in [1.54, 1.807) is 0 Å². The second-order valence-corrected chi connectivity index (χ2v) is 14.6. The molecule has 0 saturated heterocycles. The third-order valence-electron chi connectivity index (χ3n) is 7.71. The van der Waals surface area contributed by atoms with Gasteiger partial charge >= 0.3 is 8.80 Å². The first kappa shape index (κ1) is 37.1. The van der Waals surface area contributed by atoms with Crippen LogP contribution >= 0.6 is 0 Å². The molecule has 0 aliphatic carbocycles. The summed E-state index contributed by atoms with van der Waals surface area (Å²) in [6, 6.07) is 0.958. The summed E-state index contributed by atoms with van der Waals surface area (Å²) >= 11 is 0. The van der Waals surface area contributed by atoms with Gasteiger partial charge in [-0.05, 0) is 52.9 Å². The van der Waals surface area contributed by atoms with Crippen molar-refractivity contribution in [3.63, 3.8) is 0 Å². The molecule has 0 amide bonds. The summed E-state index contributed by atoms with van der Waals surface area (Å²) in [4.78, 5) is 0. The van der Waals surface area contributed by atoms with Gasteiger partial charge < -0.3 is 17.8 Å². The minimum absolute atomic E-state index is 0.678. The monoisotopic (exact) mass is 545 g/mol. The highest BCUT2D eigenvalue weighted by molar-refractivity contribution is 6.60. The smallest absolute Gasteiger partial charge is 0.374 e. The Labute approximate surface area is 235 Å². The number of hydrogen-bond donors (Lipinski definition) is 0. The minimum atomic E-state index is -2.45. The summed E-state index contributed by atoms with van der Waals surface area (Å²) in [5.41, 5.74) is 0. The number of quaternary nitrogens is 1. The van der Waals surface area contributed by atoms with E-state index in [4.69, 9.17) is 13.3 Å². The van der Waals surface area contributed by atoms with Crippen LogP contribution in [0.15, 0.2) is 0 Å². The first-order valence-electron chi connectivity index (χ1n) is 16.7. The van der Waals surface area contributed by atoms with Crippen LogP contribution in [-0.2, 0) is 13.3 Å². The predicted molar refractivity (Wildman–Crippen MR) is 165 cm³/mol. The summed E-state index contributed by atoms with van der Waals surface area (Å²) in [7, 11) is 2.39. The number of unbranched alkanes of at least 4 members (excludes halogenated alkanes) is 18. The van der Waals surface area contributed by atoms with Gasteiger partial charge in [0.1, 0.15) is 0 Å². The van der Waals surface area contributed by atoms with Gasteiger partial charge in [-0.15, -0.1) is 0 Å². The molecule has 0 aliphatic rings. The summed E-state index contributed by atoms with van der Waals surface area (Å²) < 4.78 is 19.1. The van der Waals surface area contributed by atoms with E-state index in [1.165, 1.54) is 140 Å². The third-order valence-corrected chi connectivity index (χ3v) is 10.9. The zero-order chi connectivity index (χ0) is 27.5. The zero-order valence-electron chi connectivity index (χ0n) is 26.6. The van der Waals surface area contributed by atoms with Gasteiger partial charge in [0, 0.05) is 25.9 Å². The molecule has 0 fully saturated rings. The van der Waals surface area contributed by atoms with E-state index < -0.39 is 8.80 Å². The molecule has 37 heavy (non-hydrogen) atoms. The lowest BCUT2D eigenvalue weighted by Crippen LogP contribution is -2.45. The minimum Gasteiger partial charge on any atom is -0.374 e. The lowest BCUT2D eigenvalue weighted by atomic mass is 10.0. The van der Waals surface area contributed by atoms with Gasteiger partial charge in [-0.2, -0.15) is 0 Å². The quantitative estimate of drug-likeness (QED) is 0.0511. The van der Waals surface area contributed by atoms with Crippen LogP contribution in [0, 0.1) is 0 Å². The maximum atomic E-state index is 5.98. The fourth-order valence-electron chi connectivity index (χ4n) is 5.44. The van der Waals surface area contributed by atoms with E-state index in [-0.39, 0.29) is 0 Å². The average Bonchev–Trinajstić information content (AvgIpc) is 2.86. The fourth-order valence-corrected chi connectivity index (χ4v) is 8.12. The second-order valence-electron chi connectivity index (χ2n) is 11.8. The molecular weight excluding hydrogens is 474 g/mol. The summed E-state index contributed by atoms with van der Waals surface area (Å²) in [5.74, 6) is 0. The number of hydrogen-bond acceptors (Lipinski definition) is 3. The maximum Gasteiger partial charge on any atom is 0.500 e. The van der Waals surface area contributed by atoms with E-state index in [2.05, 4.69) is 21.0 Å². The molecule has 0 unspecified atom stereocenters. The van der Waals surface area contributed by atoms with Crippen LogP contribution in [0.1, 0.15) is 156 Å². The Morgan fingerprint density at radius 1 is 0.405 bits per heavy atom. The summed E-state index contributed by atoms with van der Waals surface area (Å²) in [6.45, 7) is 13.1. The van der Waals surface area contributed by atoms with Crippen LogP contribution in [0.25, 0.3) is 0 Å². The zero-order valence-corrected chi connectivity index (χ0v) is 27.6.